The number of hydrogen-bond acceptors (Lipinski definition) is 3. The monoisotopic (exact) mass is 226 g/mol. The molecule has 0 fully saturated rings. The predicted molar refractivity (Wildman–Crippen MR) is 61.8 cm³/mol. The van der Waals surface area contributed by atoms with E-state index in [0.29, 0.717) is 0 Å². The summed E-state index contributed by atoms with van der Waals surface area (Å²) in [6.45, 7) is 3.90. The summed E-state index contributed by atoms with van der Waals surface area (Å²) >= 11 is 7.49. The molecule has 0 saturated carbocycles. The fourth-order valence-electron chi connectivity index (χ4n) is 1.17. The minimum Gasteiger partial charge on any atom is -0.320 e. The summed E-state index contributed by atoms with van der Waals surface area (Å²) in [5, 5.41) is 1.68. The molecule has 0 spiro atoms. The van der Waals surface area contributed by atoms with Gasteiger partial charge in [-0.3, -0.25) is 0 Å². The average molecular weight is 227 g/mol. The Hall–Kier alpha value is -0.640. The van der Waals surface area contributed by atoms with E-state index in [9.17, 15) is 0 Å². The zero-order valence-corrected chi connectivity index (χ0v) is 9.62. The number of aromatic nitrogens is 1. The first-order valence-electron chi connectivity index (χ1n) is 4.32. The summed E-state index contributed by atoms with van der Waals surface area (Å²) in [6, 6.07) is 5.68. The van der Waals surface area contributed by atoms with Crippen LogP contribution < -0.4 is 5.73 Å². The first-order valence-corrected chi connectivity index (χ1v) is 5.52. The second-order valence-corrected chi connectivity index (χ2v) is 5.32. The number of benzene rings is 1. The third kappa shape index (κ3) is 1.75. The lowest BCUT2D eigenvalue weighted by atomic mass is 10.1. The predicted octanol–water partition coefficient (Wildman–Crippen LogP) is 3.14. The van der Waals surface area contributed by atoms with E-state index in [-0.39, 0.29) is 5.54 Å². The van der Waals surface area contributed by atoms with Crippen LogP contribution in [0.3, 0.4) is 0 Å². The molecule has 0 aliphatic heterocycles. The highest BCUT2D eigenvalue weighted by Crippen LogP contribution is 2.29. The van der Waals surface area contributed by atoms with Crippen molar-refractivity contribution < 1.29 is 0 Å². The van der Waals surface area contributed by atoms with Crippen molar-refractivity contribution in [2.24, 2.45) is 5.73 Å². The summed E-state index contributed by atoms with van der Waals surface area (Å²) in [4.78, 5) is 4.46. The van der Waals surface area contributed by atoms with Crippen molar-refractivity contribution in [3.8, 4) is 0 Å². The lowest BCUT2D eigenvalue weighted by Crippen LogP contribution is -2.28. The van der Waals surface area contributed by atoms with Gasteiger partial charge < -0.3 is 5.73 Å². The maximum atomic E-state index is 5.97. The molecule has 2 rings (SSSR count). The summed E-state index contributed by atoms with van der Waals surface area (Å²) < 4.78 is 1.09. The SMILES string of the molecule is CC(C)(N)c1nc2ccc(Cl)cc2s1. The molecule has 1 aromatic heterocycles. The standard InChI is InChI=1S/C10H11ClN2S/c1-10(2,12)9-13-7-4-3-6(11)5-8(7)14-9/h3-5H,12H2,1-2H3. The fourth-order valence-corrected chi connectivity index (χ4v) is 2.43. The molecule has 2 nitrogen and oxygen atoms in total. The van der Waals surface area contributed by atoms with E-state index in [1.807, 2.05) is 32.0 Å². The maximum absolute atomic E-state index is 5.97. The number of nitrogens with zero attached hydrogens (tertiary/aromatic N) is 1. The second-order valence-electron chi connectivity index (χ2n) is 3.85. The summed E-state index contributed by atoms with van der Waals surface area (Å²) in [5.41, 5.74) is 6.56. The molecule has 0 radical (unpaired) electrons. The molecule has 14 heavy (non-hydrogen) atoms. The molecule has 0 amide bonds. The van der Waals surface area contributed by atoms with Crippen molar-refractivity contribution in [2.75, 3.05) is 0 Å². The number of thiazole rings is 1. The van der Waals surface area contributed by atoms with Gasteiger partial charge in [0.05, 0.1) is 15.8 Å². The highest BCUT2D eigenvalue weighted by Gasteiger charge is 2.18. The number of fused-ring (bicyclic) bond motifs is 1. The number of hydrogen-bond donors (Lipinski definition) is 1. The lowest BCUT2D eigenvalue weighted by Gasteiger charge is -2.13. The Morgan fingerprint density at radius 3 is 2.79 bits per heavy atom. The molecule has 0 atom stereocenters. The largest absolute Gasteiger partial charge is 0.320 e. The smallest absolute Gasteiger partial charge is 0.113 e. The first-order chi connectivity index (χ1) is 6.47. The van der Waals surface area contributed by atoms with Gasteiger partial charge in [-0.1, -0.05) is 11.6 Å². The Bertz CT molecular complexity index is 470. The molecule has 4 heteroatoms. The second kappa shape index (κ2) is 3.19. The zero-order valence-electron chi connectivity index (χ0n) is 8.04. The van der Waals surface area contributed by atoms with Crippen molar-refractivity contribution in [1.29, 1.82) is 0 Å². The van der Waals surface area contributed by atoms with Crippen LogP contribution in [0.5, 0.6) is 0 Å². The third-order valence-electron chi connectivity index (χ3n) is 1.90. The van der Waals surface area contributed by atoms with Gasteiger partial charge in [0, 0.05) is 5.02 Å². The van der Waals surface area contributed by atoms with Gasteiger partial charge in [-0.15, -0.1) is 11.3 Å². The maximum Gasteiger partial charge on any atom is 0.113 e. The van der Waals surface area contributed by atoms with Gasteiger partial charge in [-0.25, -0.2) is 4.98 Å². The van der Waals surface area contributed by atoms with Crippen LogP contribution in [-0.4, -0.2) is 4.98 Å². The molecule has 0 aliphatic carbocycles. The molecule has 0 bridgehead atoms. The molecule has 2 N–H and O–H groups in total. The Labute approximate surface area is 91.7 Å². The van der Waals surface area contributed by atoms with E-state index < -0.39 is 0 Å². The molecule has 0 aliphatic rings. The normalized spacial score (nSPS) is 12.3. The van der Waals surface area contributed by atoms with E-state index in [1.165, 1.54) is 0 Å². The van der Waals surface area contributed by atoms with Crippen LogP contribution in [0.2, 0.25) is 5.02 Å². The van der Waals surface area contributed by atoms with Crippen LogP contribution in [0.1, 0.15) is 18.9 Å². The summed E-state index contributed by atoms with van der Waals surface area (Å²) in [6.07, 6.45) is 0. The number of nitrogens with two attached hydrogens (primary N) is 1. The van der Waals surface area contributed by atoms with E-state index in [2.05, 4.69) is 4.98 Å². The van der Waals surface area contributed by atoms with E-state index in [1.54, 1.807) is 11.3 Å². The molecule has 74 valence electrons. The van der Waals surface area contributed by atoms with Crippen LogP contribution in [0.25, 0.3) is 10.2 Å². The van der Waals surface area contributed by atoms with Gasteiger partial charge in [0.1, 0.15) is 5.01 Å². The Balaban J connectivity index is 2.63. The molecule has 1 heterocycles. The Kier molecular flexibility index (Phi) is 2.26. The topological polar surface area (TPSA) is 38.9 Å². The molecular weight excluding hydrogens is 216 g/mol. The van der Waals surface area contributed by atoms with Gasteiger partial charge in [-0.05, 0) is 32.0 Å². The quantitative estimate of drug-likeness (QED) is 0.812. The van der Waals surface area contributed by atoms with E-state index >= 15 is 0 Å². The van der Waals surface area contributed by atoms with Crippen molar-refractivity contribution in [1.82, 2.24) is 4.98 Å². The first kappa shape index (κ1) is 9.90. The summed E-state index contributed by atoms with van der Waals surface area (Å²) in [5.74, 6) is 0. The zero-order chi connectivity index (χ0) is 10.3. The number of rotatable bonds is 1. The van der Waals surface area contributed by atoms with Crippen LogP contribution >= 0.6 is 22.9 Å². The summed E-state index contributed by atoms with van der Waals surface area (Å²) in [7, 11) is 0. The molecule has 1 aromatic carbocycles. The van der Waals surface area contributed by atoms with E-state index in [0.717, 1.165) is 20.2 Å². The molecule has 2 aromatic rings. The fraction of sp³-hybridized carbons (Fsp3) is 0.300. The van der Waals surface area contributed by atoms with Crippen molar-refractivity contribution in [3.05, 3.63) is 28.2 Å². The molecular formula is C10H11ClN2S. The Morgan fingerprint density at radius 1 is 1.43 bits per heavy atom. The van der Waals surface area contributed by atoms with Gasteiger partial charge in [0.15, 0.2) is 0 Å². The van der Waals surface area contributed by atoms with Crippen LogP contribution in [-0.2, 0) is 5.54 Å². The highest BCUT2D eigenvalue weighted by atomic mass is 35.5. The molecule has 0 unspecified atom stereocenters. The average Bonchev–Trinajstić information content (AvgIpc) is 2.45. The van der Waals surface area contributed by atoms with Crippen molar-refractivity contribution in [3.63, 3.8) is 0 Å². The molecule has 0 saturated heterocycles. The van der Waals surface area contributed by atoms with Crippen molar-refractivity contribution in [2.45, 2.75) is 19.4 Å². The van der Waals surface area contributed by atoms with Crippen molar-refractivity contribution >= 4 is 33.2 Å². The van der Waals surface area contributed by atoms with E-state index in [4.69, 9.17) is 17.3 Å². The van der Waals surface area contributed by atoms with Gasteiger partial charge in [0.25, 0.3) is 0 Å². The minimum absolute atomic E-state index is 0.379. The van der Waals surface area contributed by atoms with Gasteiger partial charge >= 0.3 is 0 Å². The highest BCUT2D eigenvalue weighted by molar-refractivity contribution is 7.18. The number of halogens is 1. The van der Waals surface area contributed by atoms with Gasteiger partial charge in [-0.2, -0.15) is 0 Å². The lowest BCUT2D eigenvalue weighted by molar-refractivity contribution is 0.551. The van der Waals surface area contributed by atoms with Crippen LogP contribution in [0.4, 0.5) is 0 Å². The minimum atomic E-state index is -0.379. The third-order valence-corrected chi connectivity index (χ3v) is 3.49. The Morgan fingerprint density at radius 2 is 2.14 bits per heavy atom. The van der Waals surface area contributed by atoms with Crippen LogP contribution in [0, 0.1) is 0 Å². The van der Waals surface area contributed by atoms with Gasteiger partial charge in [0.2, 0.25) is 0 Å². The van der Waals surface area contributed by atoms with Crippen LogP contribution in [0.15, 0.2) is 18.2 Å².